The quantitative estimate of drug-likeness (QED) is 0.644. The average Bonchev–Trinajstić information content (AvgIpc) is 2.57. The van der Waals surface area contributed by atoms with Gasteiger partial charge in [-0.05, 0) is 54.8 Å². The molecule has 2 aromatic carbocycles. The fourth-order valence-electron chi connectivity index (χ4n) is 4.16. The van der Waals surface area contributed by atoms with Crippen molar-refractivity contribution in [3.63, 3.8) is 0 Å². The zero-order valence-electron chi connectivity index (χ0n) is 14.7. The van der Waals surface area contributed by atoms with Crippen molar-refractivity contribution in [1.29, 1.82) is 0 Å². The highest BCUT2D eigenvalue weighted by Gasteiger charge is 2.37. The molecule has 0 N–H and O–H groups in total. The lowest BCUT2D eigenvalue weighted by atomic mass is 9.77. The van der Waals surface area contributed by atoms with Gasteiger partial charge in [0.15, 0.2) is 0 Å². The monoisotopic (exact) mass is 324 g/mol. The summed E-state index contributed by atoms with van der Waals surface area (Å²) < 4.78 is 0. The molecule has 122 valence electrons. The lowest BCUT2D eigenvalue weighted by Gasteiger charge is -2.42. The predicted molar refractivity (Wildman–Crippen MR) is 104 cm³/mol. The van der Waals surface area contributed by atoms with Crippen LogP contribution in [0.3, 0.4) is 0 Å². The van der Waals surface area contributed by atoms with Gasteiger partial charge in [-0.1, -0.05) is 87.9 Å². The second-order valence-electron chi connectivity index (χ2n) is 7.43. The van der Waals surface area contributed by atoms with Crippen molar-refractivity contribution >= 4 is 18.5 Å². The lowest BCUT2D eigenvalue weighted by molar-refractivity contribution is 0.242. The summed E-state index contributed by atoms with van der Waals surface area (Å²) in [5, 5.41) is 3.11. The maximum absolute atomic E-state index is 2.45. The van der Waals surface area contributed by atoms with E-state index < -0.39 is 0 Å². The molecule has 1 aliphatic carbocycles. The van der Waals surface area contributed by atoms with Gasteiger partial charge in [-0.15, -0.1) is 0 Å². The van der Waals surface area contributed by atoms with Crippen LogP contribution in [0.4, 0.5) is 0 Å². The van der Waals surface area contributed by atoms with E-state index in [1.54, 1.807) is 10.6 Å². The van der Waals surface area contributed by atoms with Crippen molar-refractivity contribution in [2.75, 3.05) is 0 Å². The smallest absolute Gasteiger partial charge is 0.00955 e. The van der Waals surface area contributed by atoms with Gasteiger partial charge in [0.25, 0.3) is 0 Å². The molecule has 1 heteroatoms. The van der Waals surface area contributed by atoms with E-state index in [0.29, 0.717) is 0 Å². The van der Waals surface area contributed by atoms with E-state index in [4.69, 9.17) is 0 Å². The first-order valence-electron chi connectivity index (χ1n) is 9.06. The molecule has 23 heavy (non-hydrogen) atoms. The summed E-state index contributed by atoms with van der Waals surface area (Å²) in [6.07, 6.45) is 4.20. The van der Waals surface area contributed by atoms with Crippen LogP contribution in [0.25, 0.3) is 0 Å². The van der Waals surface area contributed by atoms with Gasteiger partial charge in [0, 0.05) is 0 Å². The maximum atomic E-state index is 2.45. The summed E-state index contributed by atoms with van der Waals surface area (Å²) >= 11 is 0. The molecule has 3 atom stereocenters. The van der Waals surface area contributed by atoms with Gasteiger partial charge in [-0.2, -0.15) is 0 Å². The topological polar surface area (TPSA) is 0 Å². The van der Waals surface area contributed by atoms with E-state index in [1.807, 2.05) is 0 Å². The van der Waals surface area contributed by atoms with Crippen LogP contribution >= 0.6 is 7.92 Å². The normalized spacial score (nSPS) is 25.0. The van der Waals surface area contributed by atoms with E-state index >= 15 is 0 Å². The molecule has 0 spiro atoms. The molecule has 0 amide bonds. The molecule has 1 saturated carbocycles. The Balaban J connectivity index is 2.03. The Labute approximate surface area is 143 Å². The molecule has 0 saturated heterocycles. The Morgan fingerprint density at radius 2 is 1.35 bits per heavy atom. The summed E-state index contributed by atoms with van der Waals surface area (Å²) in [4.78, 5) is 0. The second-order valence-corrected chi connectivity index (χ2v) is 9.87. The van der Waals surface area contributed by atoms with Crippen LogP contribution in [0, 0.1) is 17.8 Å². The fraction of sp³-hybridized carbons (Fsp3) is 0.455. The molecule has 0 heterocycles. The van der Waals surface area contributed by atoms with E-state index in [1.165, 1.54) is 19.3 Å². The largest absolute Gasteiger partial charge is 0.0625 e. The van der Waals surface area contributed by atoms with Crippen LogP contribution in [0.1, 0.15) is 40.0 Å². The van der Waals surface area contributed by atoms with E-state index in [9.17, 15) is 0 Å². The summed E-state index contributed by atoms with van der Waals surface area (Å²) in [5.74, 6) is 2.51. The van der Waals surface area contributed by atoms with Gasteiger partial charge in [-0.3, -0.25) is 0 Å². The molecule has 0 nitrogen and oxygen atoms in total. The minimum Gasteiger partial charge on any atom is -0.0625 e. The average molecular weight is 324 g/mol. The molecule has 0 aliphatic heterocycles. The Morgan fingerprint density at radius 1 is 0.826 bits per heavy atom. The van der Waals surface area contributed by atoms with Crippen molar-refractivity contribution in [1.82, 2.24) is 0 Å². The minimum absolute atomic E-state index is 0.267. The first-order valence-corrected chi connectivity index (χ1v) is 10.5. The van der Waals surface area contributed by atoms with Crippen LogP contribution in [0.2, 0.25) is 0 Å². The molecule has 0 aromatic heterocycles. The molecule has 3 rings (SSSR count). The molecule has 0 radical (unpaired) electrons. The highest BCUT2D eigenvalue weighted by atomic mass is 31.1. The van der Waals surface area contributed by atoms with Crippen LogP contribution < -0.4 is 10.6 Å². The molecule has 2 unspecified atom stereocenters. The highest BCUT2D eigenvalue weighted by Crippen LogP contribution is 2.51. The number of rotatable bonds is 4. The van der Waals surface area contributed by atoms with Crippen molar-refractivity contribution in [3.05, 3.63) is 60.7 Å². The molecule has 1 fully saturated rings. The number of hydrogen-bond acceptors (Lipinski definition) is 0. The van der Waals surface area contributed by atoms with Crippen molar-refractivity contribution in [3.8, 4) is 0 Å². The van der Waals surface area contributed by atoms with Gasteiger partial charge in [0.1, 0.15) is 0 Å². The molecule has 0 bridgehead atoms. The second kappa shape index (κ2) is 7.63. The third kappa shape index (κ3) is 3.86. The fourth-order valence-corrected chi connectivity index (χ4v) is 7.66. The first kappa shape index (κ1) is 16.7. The first-order chi connectivity index (χ1) is 11.2. The van der Waals surface area contributed by atoms with E-state index in [0.717, 1.165) is 23.4 Å². The van der Waals surface area contributed by atoms with Crippen LogP contribution in [-0.2, 0) is 0 Å². The predicted octanol–water partition coefficient (Wildman–Crippen LogP) is 5.58. The molecule has 1 aliphatic rings. The summed E-state index contributed by atoms with van der Waals surface area (Å²) in [6.45, 7) is 7.31. The number of hydrogen-bond donors (Lipinski definition) is 0. The Bertz CT molecular complexity index is 550. The van der Waals surface area contributed by atoms with Crippen molar-refractivity contribution in [2.45, 2.75) is 45.7 Å². The highest BCUT2D eigenvalue weighted by molar-refractivity contribution is 7.73. The standard InChI is InChI=1S/C22H29P/c1-17(2)21-15-14-18(3)16-22(21)23(19-10-6-4-7-11-19)20-12-8-5-9-13-20/h4-13,17-18,21-22H,14-16H2,1-3H3/t18?,21?,22-/m0/s1. The van der Waals surface area contributed by atoms with Crippen LogP contribution in [-0.4, -0.2) is 5.66 Å². The lowest BCUT2D eigenvalue weighted by Crippen LogP contribution is -2.35. The van der Waals surface area contributed by atoms with Crippen LogP contribution in [0.15, 0.2) is 60.7 Å². The van der Waals surface area contributed by atoms with Gasteiger partial charge in [0.05, 0.1) is 0 Å². The molecular weight excluding hydrogens is 295 g/mol. The Kier molecular flexibility index (Phi) is 5.54. The zero-order valence-corrected chi connectivity index (χ0v) is 15.5. The van der Waals surface area contributed by atoms with Gasteiger partial charge >= 0.3 is 0 Å². The molecule has 2 aromatic rings. The number of benzene rings is 2. The van der Waals surface area contributed by atoms with Gasteiger partial charge < -0.3 is 0 Å². The van der Waals surface area contributed by atoms with Crippen molar-refractivity contribution < 1.29 is 0 Å². The van der Waals surface area contributed by atoms with Gasteiger partial charge in [0.2, 0.25) is 0 Å². The Morgan fingerprint density at radius 3 is 1.83 bits per heavy atom. The third-order valence-electron chi connectivity index (χ3n) is 5.39. The summed E-state index contributed by atoms with van der Waals surface area (Å²) in [5.41, 5.74) is 0.818. The third-order valence-corrected chi connectivity index (χ3v) is 8.35. The van der Waals surface area contributed by atoms with E-state index in [2.05, 4.69) is 81.4 Å². The van der Waals surface area contributed by atoms with E-state index in [-0.39, 0.29) is 7.92 Å². The zero-order chi connectivity index (χ0) is 16.2. The summed E-state index contributed by atoms with van der Waals surface area (Å²) in [7, 11) is -0.267. The van der Waals surface area contributed by atoms with Crippen molar-refractivity contribution in [2.24, 2.45) is 17.8 Å². The summed E-state index contributed by atoms with van der Waals surface area (Å²) in [6, 6.07) is 22.6. The SMILES string of the molecule is CC1CCC(C(C)C)[C@@H](P(c2ccccc2)c2ccccc2)C1. The minimum atomic E-state index is -0.267. The maximum Gasteiger partial charge on any atom is -0.00955 e. The Hall–Kier alpha value is -1.13. The molecular formula is C22H29P. The van der Waals surface area contributed by atoms with Crippen LogP contribution in [0.5, 0.6) is 0 Å². The van der Waals surface area contributed by atoms with Gasteiger partial charge in [-0.25, -0.2) is 0 Å².